The minimum Gasteiger partial charge on any atom is -0.377 e. The summed E-state index contributed by atoms with van der Waals surface area (Å²) >= 11 is 0. The van der Waals surface area contributed by atoms with Gasteiger partial charge in [0.15, 0.2) is 0 Å². The molecule has 124 valence electrons. The first-order chi connectivity index (χ1) is 10.0. The number of carbonyl (C=O) groups is 1. The molecule has 1 amide bonds. The van der Waals surface area contributed by atoms with Gasteiger partial charge in [-0.3, -0.25) is 4.79 Å². The number of amides is 1. The molecule has 0 saturated carbocycles. The van der Waals surface area contributed by atoms with Gasteiger partial charge >= 0.3 is 0 Å². The largest absolute Gasteiger partial charge is 0.377 e. The average molecular weight is 299 g/mol. The number of ether oxygens (including phenoxy) is 1. The second-order valence-corrected chi connectivity index (χ2v) is 6.20. The zero-order valence-corrected chi connectivity index (χ0v) is 14.0. The molecule has 2 atom stereocenters. The Hall–Kier alpha value is -0.650. The number of likely N-dealkylation sites (N-methyl/N-ethyl adjacent to an activating group) is 1. The second-order valence-electron chi connectivity index (χ2n) is 6.20. The minimum atomic E-state index is -0.565. The highest BCUT2D eigenvalue weighted by atomic mass is 16.5. The first-order valence-corrected chi connectivity index (χ1v) is 8.40. The molecule has 5 heteroatoms. The van der Waals surface area contributed by atoms with Crippen LogP contribution in [-0.4, -0.2) is 55.2 Å². The van der Waals surface area contributed by atoms with E-state index in [4.69, 9.17) is 10.5 Å². The van der Waals surface area contributed by atoms with Crippen molar-refractivity contribution in [3.8, 4) is 0 Å². The zero-order chi connectivity index (χ0) is 15.7. The molecule has 1 rings (SSSR count). The van der Waals surface area contributed by atoms with Crippen LogP contribution in [0.5, 0.6) is 0 Å². The Morgan fingerprint density at radius 1 is 1.43 bits per heavy atom. The van der Waals surface area contributed by atoms with Gasteiger partial charge < -0.3 is 20.7 Å². The van der Waals surface area contributed by atoms with Gasteiger partial charge in [-0.1, -0.05) is 6.92 Å². The number of nitrogens with two attached hydrogens (primary N) is 1. The van der Waals surface area contributed by atoms with E-state index in [1.165, 1.54) is 19.4 Å². The van der Waals surface area contributed by atoms with E-state index < -0.39 is 5.54 Å². The summed E-state index contributed by atoms with van der Waals surface area (Å²) in [5.74, 6) is -0.251. The molecule has 5 nitrogen and oxygen atoms in total. The molecule has 0 spiro atoms. The lowest BCUT2D eigenvalue weighted by Gasteiger charge is -2.33. The van der Waals surface area contributed by atoms with Gasteiger partial charge in [0.25, 0.3) is 0 Å². The predicted octanol–water partition coefficient (Wildman–Crippen LogP) is 1.51. The highest BCUT2D eigenvalue weighted by molar-refractivity contribution is 5.84. The molecule has 1 fully saturated rings. The monoisotopic (exact) mass is 299 g/mol. The number of piperidine rings is 1. The van der Waals surface area contributed by atoms with Crippen LogP contribution in [0.25, 0.3) is 0 Å². The van der Waals surface area contributed by atoms with Crippen LogP contribution < -0.4 is 11.1 Å². The molecule has 21 heavy (non-hydrogen) atoms. The molecule has 0 aromatic rings. The van der Waals surface area contributed by atoms with E-state index in [2.05, 4.69) is 17.1 Å². The van der Waals surface area contributed by atoms with Crippen molar-refractivity contribution in [1.29, 1.82) is 0 Å². The van der Waals surface area contributed by atoms with Gasteiger partial charge in [-0.2, -0.15) is 0 Å². The summed E-state index contributed by atoms with van der Waals surface area (Å²) in [5, 5.41) is 3.21. The van der Waals surface area contributed by atoms with Crippen molar-refractivity contribution >= 4 is 5.91 Å². The summed E-state index contributed by atoms with van der Waals surface area (Å²) in [6, 6.07) is 0. The van der Waals surface area contributed by atoms with Crippen LogP contribution in [0.15, 0.2) is 0 Å². The topological polar surface area (TPSA) is 67.6 Å². The molecule has 1 aliphatic heterocycles. The molecule has 0 aromatic heterocycles. The number of hydrogen-bond donors (Lipinski definition) is 2. The van der Waals surface area contributed by atoms with Gasteiger partial charge in [0.1, 0.15) is 0 Å². The van der Waals surface area contributed by atoms with Crippen LogP contribution in [0.3, 0.4) is 0 Å². The van der Waals surface area contributed by atoms with Crippen LogP contribution in [0, 0.1) is 0 Å². The Morgan fingerprint density at radius 2 is 2.19 bits per heavy atom. The Labute approximate surface area is 129 Å². The van der Waals surface area contributed by atoms with Crippen molar-refractivity contribution < 1.29 is 9.53 Å². The van der Waals surface area contributed by atoms with E-state index in [-0.39, 0.29) is 5.91 Å². The maximum Gasteiger partial charge on any atom is 0.237 e. The molecule has 1 saturated heterocycles. The summed E-state index contributed by atoms with van der Waals surface area (Å²) in [6.07, 6.45) is 5.74. The molecule has 1 heterocycles. The molecular formula is C16H33N3O2. The zero-order valence-electron chi connectivity index (χ0n) is 14.0. The van der Waals surface area contributed by atoms with Crippen LogP contribution >= 0.6 is 0 Å². The number of rotatable bonds is 10. The number of carbonyl (C=O) groups excluding carboxylic acids is 1. The molecule has 1 aliphatic rings. The fourth-order valence-electron chi connectivity index (χ4n) is 3.09. The van der Waals surface area contributed by atoms with Gasteiger partial charge in [0.2, 0.25) is 5.91 Å². The third-order valence-electron chi connectivity index (χ3n) is 4.38. The van der Waals surface area contributed by atoms with Crippen LogP contribution in [0.1, 0.15) is 52.9 Å². The molecule has 3 N–H and O–H groups in total. The SMILES string of the molecule is CCNC(C)(CCCCN1CCCC(OCC)C1)C(N)=O. The van der Waals surface area contributed by atoms with Crippen molar-refractivity contribution in [3.63, 3.8) is 0 Å². The summed E-state index contributed by atoms with van der Waals surface area (Å²) in [7, 11) is 0. The van der Waals surface area contributed by atoms with E-state index in [1.54, 1.807) is 0 Å². The van der Waals surface area contributed by atoms with Gasteiger partial charge in [0.05, 0.1) is 11.6 Å². The third kappa shape index (κ3) is 6.32. The van der Waals surface area contributed by atoms with Gasteiger partial charge in [-0.15, -0.1) is 0 Å². The second kappa shape index (κ2) is 9.38. The Kier molecular flexibility index (Phi) is 8.22. The van der Waals surface area contributed by atoms with Gasteiger partial charge in [0, 0.05) is 13.2 Å². The number of nitrogens with one attached hydrogen (secondary N) is 1. The van der Waals surface area contributed by atoms with E-state index >= 15 is 0 Å². The Morgan fingerprint density at radius 3 is 2.81 bits per heavy atom. The predicted molar refractivity (Wildman–Crippen MR) is 86.2 cm³/mol. The number of likely N-dealkylation sites (tertiary alicyclic amines) is 1. The molecule has 0 aliphatic carbocycles. The lowest BCUT2D eigenvalue weighted by molar-refractivity contribution is -0.124. The standard InChI is InChI=1S/C16H33N3O2/c1-4-18-16(3,15(17)20)10-6-7-11-19-12-8-9-14(13-19)21-5-2/h14,18H,4-13H2,1-3H3,(H2,17,20). The number of unbranched alkanes of at least 4 members (excludes halogenated alkanes) is 1. The van der Waals surface area contributed by atoms with E-state index in [0.29, 0.717) is 6.10 Å². The molecule has 0 aromatic carbocycles. The maximum absolute atomic E-state index is 11.6. The Balaban J connectivity index is 2.25. The average Bonchev–Trinajstić information content (AvgIpc) is 2.45. The molecule has 0 bridgehead atoms. The van der Waals surface area contributed by atoms with Crippen molar-refractivity contribution in [1.82, 2.24) is 10.2 Å². The number of primary amides is 1. The lowest BCUT2D eigenvalue weighted by atomic mass is 9.93. The normalized spacial score (nSPS) is 22.9. The van der Waals surface area contributed by atoms with Crippen molar-refractivity contribution in [2.24, 2.45) is 5.73 Å². The summed E-state index contributed by atoms with van der Waals surface area (Å²) in [6.45, 7) is 10.8. The number of nitrogens with zero attached hydrogens (tertiary/aromatic N) is 1. The van der Waals surface area contributed by atoms with E-state index in [0.717, 1.165) is 45.5 Å². The molecular weight excluding hydrogens is 266 g/mol. The smallest absolute Gasteiger partial charge is 0.237 e. The quantitative estimate of drug-likeness (QED) is 0.600. The van der Waals surface area contributed by atoms with Crippen molar-refractivity contribution in [3.05, 3.63) is 0 Å². The van der Waals surface area contributed by atoms with Gasteiger partial charge in [-0.05, 0) is 65.6 Å². The minimum absolute atomic E-state index is 0.251. The first-order valence-electron chi connectivity index (χ1n) is 8.40. The summed E-state index contributed by atoms with van der Waals surface area (Å²) in [4.78, 5) is 14.0. The van der Waals surface area contributed by atoms with Crippen LogP contribution in [-0.2, 0) is 9.53 Å². The summed E-state index contributed by atoms with van der Waals surface area (Å²) < 4.78 is 5.72. The molecule has 0 radical (unpaired) electrons. The van der Waals surface area contributed by atoms with Crippen LogP contribution in [0.2, 0.25) is 0 Å². The van der Waals surface area contributed by atoms with E-state index in [9.17, 15) is 4.79 Å². The highest BCUT2D eigenvalue weighted by Gasteiger charge is 2.29. The van der Waals surface area contributed by atoms with Crippen molar-refractivity contribution in [2.45, 2.75) is 64.5 Å². The van der Waals surface area contributed by atoms with Crippen molar-refractivity contribution in [2.75, 3.05) is 32.8 Å². The fourth-order valence-corrected chi connectivity index (χ4v) is 3.09. The first kappa shape index (κ1) is 18.4. The van der Waals surface area contributed by atoms with Gasteiger partial charge in [-0.25, -0.2) is 0 Å². The maximum atomic E-state index is 11.6. The molecule has 2 unspecified atom stereocenters. The number of hydrogen-bond acceptors (Lipinski definition) is 4. The third-order valence-corrected chi connectivity index (χ3v) is 4.38. The highest BCUT2D eigenvalue weighted by Crippen LogP contribution is 2.16. The van der Waals surface area contributed by atoms with E-state index in [1.807, 2.05) is 13.8 Å². The van der Waals surface area contributed by atoms with Crippen LogP contribution in [0.4, 0.5) is 0 Å². The Bertz CT molecular complexity index is 310. The summed E-state index contributed by atoms with van der Waals surface area (Å²) in [5.41, 5.74) is 4.94. The fraction of sp³-hybridized carbons (Fsp3) is 0.938. The lowest BCUT2D eigenvalue weighted by Crippen LogP contribution is -2.53.